The average molecular weight is 205 g/mol. The van der Waals surface area contributed by atoms with Gasteiger partial charge in [0.1, 0.15) is 5.60 Å². The van der Waals surface area contributed by atoms with Crippen molar-refractivity contribution < 1.29 is 4.74 Å². The Kier molecular flexibility index (Phi) is 1.98. The Labute approximate surface area is 79.7 Å². The van der Waals surface area contributed by atoms with E-state index in [9.17, 15) is 0 Å². The molecule has 0 amide bonds. The highest BCUT2D eigenvalue weighted by atomic mass is 35.5. The maximum absolute atomic E-state index is 5.67. The number of aromatic nitrogens is 1. The molecule has 5 heteroatoms. The van der Waals surface area contributed by atoms with E-state index in [1.54, 1.807) is 6.20 Å². The first kappa shape index (κ1) is 8.29. The van der Waals surface area contributed by atoms with Crippen LogP contribution in [0, 0.1) is 0 Å². The molecule has 0 aromatic carbocycles. The van der Waals surface area contributed by atoms with Crippen LogP contribution in [0.3, 0.4) is 0 Å². The summed E-state index contributed by atoms with van der Waals surface area (Å²) in [5, 5.41) is 3.95. The van der Waals surface area contributed by atoms with E-state index < -0.39 is 0 Å². The molecule has 1 fully saturated rings. The zero-order valence-electron chi connectivity index (χ0n) is 6.63. The summed E-state index contributed by atoms with van der Waals surface area (Å²) < 4.78 is 6.20. The lowest BCUT2D eigenvalue weighted by Crippen LogP contribution is -2.60. The number of halogens is 1. The standard InChI is InChI=1S/C7H9ClN2OS/c1-7(3-9-4-7)11-5-2-10-6(8)12-5/h2,9H,3-4H2,1H3. The Morgan fingerprint density at radius 1 is 1.75 bits per heavy atom. The highest BCUT2D eigenvalue weighted by Gasteiger charge is 2.34. The summed E-state index contributed by atoms with van der Waals surface area (Å²) in [5.74, 6) is 0. The topological polar surface area (TPSA) is 34.1 Å². The van der Waals surface area contributed by atoms with Crippen molar-refractivity contribution in [1.82, 2.24) is 10.3 Å². The minimum absolute atomic E-state index is 0.0597. The number of hydrogen-bond acceptors (Lipinski definition) is 4. The minimum Gasteiger partial charge on any atom is -0.474 e. The van der Waals surface area contributed by atoms with Gasteiger partial charge >= 0.3 is 0 Å². The van der Waals surface area contributed by atoms with E-state index >= 15 is 0 Å². The molecule has 66 valence electrons. The SMILES string of the molecule is CC1(Oc2cnc(Cl)s2)CNC1. The Balaban J connectivity index is 2.03. The molecular weight excluding hydrogens is 196 g/mol. The van der Waals surface area contributed by atoms with E-state index in [4.69, 9.17) is 16.3 Å². The van der Waals surface area contributed by atoms with Gasteiger partial charge in [-0.25, -0.2) is 4.98 Å². The van der Waals surface area contributed by atoms with Gasteiger partial charge in [0.2, 0.25) is 0 Å². The molecular formula is C7H9ClN2OS. The summed E-state index contributed by atoms with van der Waals surface area (Å²) in [6.07, 6.45) is 1.66. The van der Waals surface area contributed by atoms with Gasteiger partial charge in [0.25, 0.3) is 0 Å². The molecule has 2 rings (SSSR count). The van der Waals surface area contributed by atoms with Gasteiger partial charge in [-0.05, 0) is 6.92 Å². The van der Waals surface area contributed by atoms with Crippen molar-refractivity contribution in [1.29, 1.82) is 0 Å². The van der Waals surface area contributed by atoms with Crippen LogP contribution in [-0.4, -0.2) is 23.7 Å². The molecule has 2 heterocycles. The smallest absolute Gasteiger partial charge is 0.195 e. The number of hydrogen-bond donors (Lipinski definition) is 1. The van der Waals surface area contributed by atoms with Crippen molar-refractivity contribution in [3.05, 3.63) is 10.7 Å². The van der Waals surface area contributed by atoms with Crippen molar-refractivity contribution in [2.75, 3.05) is 13.1 Å². The third-order valence-electron chi connectivity index (χ3n) is 1.80. The van der Waals surface area contributed by atoms with E-state index in [-0.39, 0.29) is 5.60 Å². The number of ether oxygens (including phenoxy) is 1. The fourth-order valence-corrected chi connectivity index (χ4v) is 1.98. The maximum atomic E-state index is 5.67. The number of thiazole rings is 1. The third kappa shape index (κ3) is 1.55. The second kappa shape index (κ2) is 2.87. The first-order chi connectivity index (χ1) is 5.68. The van der Waals surface area contributed by atoms with Crippen LogP contribution in [-0.2, 0) is 0 Å². The average Bonchev–Trinajstić information content (AvgIpc) is 2.32. The summed E-state index contributed by atoms with van der Waals surface area (Å²) in [5.41, 5.74) is -0.0597. The van der Waals surface area contributed by atoms with E-state index in [2.05, 4.69) is 17.2 Å². The summed E-state index contributed by atoms with van der Waals surface area (Å²) in [6.45, 7) is 3.85. The molecule has 1 aromatic rings. The highest BCUT2D eigenvalue weighted by Crippen LogP contribution is 2.29. The molecule has 3 nitrogen and oxygen atoms in total. The Hall–Kier alpha value is -0.320. The first-order valence-corrected chi connectivity index (χ1v) is 4.88. The zero-order chi connectivity index (χ0) is 8.60. The number of nitrogens with zero attached hydrogens (tertiary/aromatic N) is 1. The van der Waals surface area contributed by atoms with Crippen molar-refractivity contribution in [3.63, 3.8) is 0 Å². The summed E-state index contributed by atoms with van der Waals surface area (Å²) in [4.78, 5) is 3.90. The van der Waals surface area contributed by atoms with E-state index in [1.165, 1.54) is 11.3 Å². The van der Waals surface area contributed by atoms with Crippen LogP contribution >= 0.6 is 22.9 Å². The molecule has 0 aliphatic carbocycles. The Morgan fingerprint density at radius 2 is 2.50 bits per heavy atom. The lowest BCUT2D eigenvalue weighted by atomic mass is 10.0. The quantitative estimate of drug-likeness (QED) is 0.794. The minimum atomic E-state index is -0.0597. The van der Waals surface area contributed by atoms with Gasteiger partial charge in [0.15, 0.2) is 9.53 Å². The molecule has 12 heavy (non-hydrogen) atoms. The molecule has 1 saturated heterocycles. The molecule has 0 unspecified atom stereocenters. The van der Waals surface area contributed by atoms with Crippen molar-refractivity contribution >= 4 is 22.9 Å². The van der Waals surface area contributed by atoms with E-state index in [1.807, 2.05) is 0 Å². The summed E-state index contributed by atoms with van der Waals surface area (Å²) in [7, 11) is 0. The van der Waals surface area contributed by atoms with Gasteiger partial charge in [-0.1, -0.05) is 22.9 Å². The molecule has 1 aliphatic heterocycles. The Bertz CT molecular complexity index is 285. The van der Waals surface area contributed by atoms with Gasteiger partial charge in [-0.2, -0.15) is 0 Å². The monoisotopic (exact) mass is 204 g/mol. The second-order valence-corrected chi connectivity index (χ2v) is 4.66. The van der Waals surface area contributed by atoms with Crippen LogP contribution in [0.1, 0.15) is 6.92 Å². The molecule has 0 radical (unpaired) electrons. The van der Waals surface area contributed by atoms with Crippen molar-refractivity contribution in [2.45, 2.75) is 12.5 Å². The number of rotatable bonds is 2. The normalized spacial score (nSPS) is 20.2. The second-order valence-electron chi connectivity index (χ2n) is 3.09. The molecule has 0 bridgehead atoms. The van der Waals surface area contributed by atoms with Crippen LogP contribution in [0.2, 0.25) is 4.47 Å². The lowest BCUT2D eigenvalue weighted by molar-refractivity contribution is 0.0384. The summed E-state index contributed by atoms with van der Waals surface area (Å²) in [6, 6.07) is 0. The Morgan fingerprint density at radius 3 is 2.92 bits per heavy atom. The van der Waals surface area contributed by atoms with Crippen LogP contribution in [0.25, 0.3) is 0 Å². The maximum Gasteiger partial charge on any atom is 0.195 e. The van der Waals surface area contributed by atoms with Gasteiger partial charge in [-0.15, -0.1) is 0 Å². The fraction of sp³-hybridized carbons (Fsp3) is 0.571. The molecule has 0 atom stereocenters. The van der Waals surface area contributed by atoms with Crippen LogP contribution in [0.4, 0.5) is 0 Å². The molecule has 1 aliphatic rings. The number of nitrogens with one attached hydrogen (secondary N) is 1. The van der Waals surface area contributed by atoms with Crippen LogP contribution in [0.5, 0.6) is 5.06 Å². The van der Waals surface area contributed by atoms with Gasteiger partial charge in [0, 0.05) is 13.1 Å². The highest BCUT2D eigenvalue weighted by molar-refractivity contribution is 7.17. The first-order valence-electron chi connectivity index (χ1n) is 3.69. The third-order valence-corrected chi connectivity index (χ3v) is 2.79. The molecule has 0 saturated carbocycles. The molecule has 1 aromatic heterocycles. The van der Waals surface area contributed by atoms with E-state index in [0.29, 0.717) is 4.47 Å². The van der Waals surface area contributed by atoms with Gasteiger partial charge < -0.3 is 10.1 Å². The zero-order valence-corrected chi connectivity index (χ0v) is 8.21. The molecule has 0 spiro atoms. The predicted octanol–water partition coefficient (Wildman–Crippen LogP) is 1.54. The summed E-state index contributed by atoms with van der Waals surface area (Å²) >= 11 is 7.03. The fourth-order valence-electron chi connectivity index (χ4n) is 1.08. The molecule has 1 N–H and O–H groups in total. The van der Waals surface area contributed by atoms with Crippen molar-refractivity contribution in [2.24, 2.45) is 0 Å². The lowest BCUT2D eigenvalue weighted by Gasteiger charge is -2.38. The van der Waals surface area contributed by atoms with Crippen LogP contribution < -0.4 is 10.1 Å². The van der Waals surface area contributed by atoms with Crippen LogP contribution in [0.15, 0.2) is 6.20 Å². The van der Waals surface area contributed by atoms with Crippen molar-refractivity contribution in [3.8, 4) is 5.06 Å². The largest absolute Gasteiger partial charge is 0.474 e. The van der Waals surface area contributed by atoms with E-state index in [0.717, 1.165) is 18.2 Å². The van der Waals surface area contributed by atoms with Gasteiger partial charge in [0.05, 0.1) is 6.20 Å². The predicted molar refractivity (Wildman–Crippen MR) is 49.0 cm³/mol. The van der Waals surface area contributed by atoms with Gasteiger partial charge in [-0.3, -0.25) is 0 Å².